The summed E-state index contributed by atoms with van der Waals surface area (Å²) in [7, 11) is 4.11. The highest BCUT2D eigenvalue weighted by Crippen LogP contribution is 2.50. The third kappa shape index (κ3) is 6.07. The maximum atomic E-state index is 6.23. The van der Waals surface area contributed by atoms with Gasteiger partial charge in [0, 0.05) is 36.0 Å². The fourth-order valence-electron chi connectivity index (χ4n) is 4.58. The quantitative estimate of drug-likeness (QED) is 0.170. The lowest BCUT2D eigenvalue weighted by atomic mass is 9.82. The topological polar surface area (TPSA) is 30.8 Å². The normalized spacial score (nSPS) is 14.3. The largest absolute Gasteiger partial charge is 0.467 e. The highest BCUT2D eigenvalue weighted by atomic mass is 31.1. The molecule has 0 aliphatic carbocycles. The molecule has 0 bridgehead atoms. The van der Waals surface area contributed by atoms with Gasteiger partial charge in [-0.3, -0.25) is 4.99 Å². The van der Waals surface area contributed by atoms with Crippen molar-refractivity contribution < 1.29 is 9.47 Å². The number of hydrogen-bond acceptors (Lipinski definition) is 3. The van der Waals surface area contributed by atoms with Gasteiger partial charge >= 0.3 is 0 Å². The number of nitrogens with zero attached hydrogens (tertiary/aromatic N) is 1. The van der Waals surface area contributed by atoms with Gasteiger partial charge in [0.15, 0.2) is 6.79 Å². The number of ether oxygens (including phenoxy) is 2. The Balaban J connectivity index is 2.21. The average Bonchev–Trinajstić information content (AvgIpc) is 2.85. The summed E-state index contributed by atoms with van der Waals surface area (Å²) in [6.45, 7) is 16.1. The number of methoxy groups -OCH3 is 1. The first-order valence-electron chi connectivity index (χ1n) is 12.7. The second-order valence-corrected chi connectivity index (χ2v) is 12.6. The molecule has 3 rings (SSSR count). The van der Waals surface area contributed by atoms with Gasteiger partial charge in [0.2, 0.25) is 0 Å². The Morgan fingerprint density at radius 1 is 0.917 bits per heavy atom. The molecule has 0 saturated heterocycles. The fourth-order valence-corrected chi connectivity index (χ4v) is 6.25. The van der Waals surface area contributed by atoms with Crippen molar-refractivity contribution in [1.29, 1.82) is 0 Å². The molecule has 2 atom stereocenters. The van der Waals surface area contributed by atoms with E-state index in [-0.39, 0.29) is 17.4 Å². The molecule has 0 aromatic heterocycles. The first-order valence-corrected chi connectivity index (χ1v) is 13.7. The molecule has 0 amide bonds. The van der Waals surface area contributed by atoms with Crippen molar-refractivity contribution >= 4 is 19.6 Å². The van der Waals surface area contributed by atoms with E-state index in [1.807, 2.05) is 7.05 Å². The minimum atomic E-state index is -0.120. The Morgan fingerprint density at radius 2 is 1.61 bits per heavy atom. The SMILES string of the molecule is CCC(C)(Pc1c(C)cccc1C(=NC)c1ccccc1)c1cc(C(C)(C)C)cc(C)c1OCOC. The number of benzene rings is 3. The second kappa shape index (κ2) is 11.7. The summed E-state index contributed by atoms with van der Waals surface area (Å²) in [6.07, 6.45) is 0.986. The Kier molecular flexibility index (Phi) is 9.14. The maximum Gasteiger partial charge on any atom is 0.188 e. The van der Waals surface area contributed by atoms with E-state index in [4.69, 9.17) is 14.5 Å². The second-order valence-electron chi connectivity index (χ2n) is 10.7. The minimum Gasteiger partial charge on any atom is -0.467 e. The van der Waals surface area contributed by atoms with E-state index in [0.29, 0.717) is 8.58 Å². The lowest BCUT2D eigenvalue weighted by Gasteiger charge is -2.35. The summed E-state index contributed by atoms with van der Waals surface area (Å²) in [5.41, 5.74) is 8.48. The molecule has 0 aliphatic rings. The number of hydrogen-bond donors (Lipinski definition) is 0. The van der Waals surface area contributed by atoms with Crippen LogP contribution in [0.2, 0.25) is 0 Å². The van der Waals surface area contributed by atoms with Crippen LogP contribution in [0.3, 0.4) is 0 Å². The Morgan fingerprint density at radius 3 is 2.19 bits per heavy atom. The molecule has 3 aromatic carbocycles. The first-order chi connectivity index (χ1) is 17.1. The first kappa shape index (κ1) is 28.1. The Labute approximate surface area is 220 Å². The zero-order valence-electron chi connectivity index (χ0n) is 23.5. The third-order valence-electron chi connectivity index (χ3n) is 6.96. The van der Waals surface area contributed by atoms with E-state index in [2.05, 4.69) is 109 Å². The fraction of sp³-hybridized carbons (Fsp3) is 0.406. The van der Waals surface area contributed by atoms with Crippen LogP contribution in [0, 0.1) is 13.8 Å². The van der Waals surface area contributed by atoms with Gasteiger partial charge < -0.3 is 9.47 Å². The molecule has 0 saturated carbocycles. The number of aryl methyl sites for hydroxylation is 2. The van der Waals surface area contributed by atoms with E-state index < -0.39 is 0 Å². The predicted molar refractivity (Wildman–Crippen MR) is 157 cm³/mol. The number of rotatable bonds is 9. The van der Waals surface area contributed by atoms with E-state index in [1.54, 1.807) is 7.11 Å². The molecule has 36 heavy (non-hydrogen) atoms. The lowest BCUT2D eigenvalue weighted by Crippen LogP contribution is -2.25. The van der Waals surface area contributed by atoms with E-state index in [0.717, 1.165) is 29.0 Å². The van der Waals surface area contributed by atoms with Crippen molar-refractivity contribution in [2.75, 3.05) is 21.0 Å². The molecule has 192 valence electrons. The summed E-state index contributed by atoms with van der Waals surface area (Å²) < 4.78 is 11.5. The maximum absolute atomic E-state index is 6.23. The Hall–Kier alpha value is -2.48. The molecule has 0 heterocycles. The molecular weight excluding hydrogens is 461 g/mol. The van der Waals surface area contributed by atoms with Crippen LogP contribution < -0.4 is 10.0 Å². The third-order valence-corrected chi connectivity index (χ3v) is 9.05. The monoisotopic (exact) mass is 503 g/mol. The van der Waals surface area contributed by atoms with Crippen molar-refractivity contribution in [2.45, 2.75) is 65.5 Å². The van der Waals surface area contributed by atoms with Gasteiger partial charge in [0.1, 0.15) is 5.75 Å². The van der Waals surface area contributed by atoms with Gasteiger partial charge in [-0.1, -0.05) is 104 Å². The summed E-state index contributed by atoms with van der Waals surface area (Å²) in [5.74, 6) is 0.948. The molecule has 0 N–H and O–H groups in total. The van der Waals surface area contributed by atoms with Crippen molar-refractivity contribution in [1.82, 2.24) is 0 Å². The minimum absolute atomic E-state index is 0.0419. The molecular formula is C32H42NO2P. The smallest absolute Gasteiger partial charge is 0.188 e. The van der Waals surface area contributed by atoms with Crippen molar-refractivity contribution in [3.8, 4) is 5.75 Å². The summed E-state index contributed by atoms with van der Waals surface area (Å²) in [6, 6.07) is 21.7. The van der Waals surface area contributed by atoms with Gasteiger partial charge in [-0.05, 0) is 47.7 Å². The predicted octanol–water partition coefficient (Wildman–Crippen LogP) is 7.68. The van der Waals surface area contributed by atoms with Crippen molar-refractivity contribution in [3.63, 3.8) is 0 Å². The van der Waals surface area contributed by atoms with Crippen molar-refractivity contribution in [3.05, 3.63) is 94.0 Å². The van der Waals surface area contributed by atoms with E-state index in [1.165, 1.54) is 27.6 Å². The molecule has 4 heteroatoms. The van der Waals surface area contributed by atoms with Crippen LogP contribution in [0.5, 0.6) is 5.75 Å². The molecule has 0 radical (unpaired) electrons. The summed E-state index contributed by atoms with van der Waals surface area (Å²) in [4.78, 5) is 4.76. The molecule has 0 spiro atoms. The zero-order valence-corrected chi connectivity index (χ0v) is 24.5. The van der Waals surface area contributed by atoms with Crippen LogP contribution in [0.15, 0.2) is 65.7 Å². The molecule has 3 aromatic rings. The van der Waals surface area contributed by atoms with Gasteiger partial charge in [0.25, 0.3) is 0 Å². The average molecular weight is 504 g/mol. The highest BCUT2D eigenvalue weighted by molar-refractivity contribution is 7.49. The van der Waals surface area contributed by atoms with Gasteiger partial charge in [-0.2, -0.15) is 0 Å². The standard InChI is InChI=1S/C32H42NO2P/c1-10-32(7,27-20-25(31(4,5)6)19-23(3)29(27)35-21-34-9)36-30-22(2)15-14-18-26(30)28(33-8)24-16-12-11-13-17-24/h11-20,36H,10,21H2,1-9H3. The summed E-state index contributed by atoms with van der Waals surface area (Å²) in [5, 5.41) is 1.24. The summed E-state index contributed by atoms with van der Waals surface area (Å²) >= 11 is 0. The van der Waals surface area contributed by atoms with Gasteiger partial charge in [-0.15, -0.1) is 0 Å². The van der Waals surface area contributed by atoms with Crippen LogP contribution in [0.1, 0.15) is 74.4 Å². The van der Waals surface area contributed by atoms with E-state index >= 15 is 0 Å². The van der Waals surface area contributed by atoms with Crippen LogP contribution in [0.4, 0.5) is 0 Å². The molecule has 2 unspecified atom stereocenters. The lowest BCUT2D eigenvalue weighted by molar-refractivity contribution is 0.0495. The number of aliphatic imine (C=N–C) groups is 1. The van der Waals surface area contributed by atoms with Crippen LogP contribution >= 0.6 is 8.58 Å². The van der Waals surface area contributed by atoms with Gasteiger partial charge in [0.05, 0.1) is 5.71 Å². The van der Waals surface area contributed by atoms with Crippen molar-refractivity contribution in [2.24, 2.45) is 4.99 Å². The van der Waals surface area contributed by atoms with E-state index in [9.17, 15) is 0 Å². The highest BCUT2D eigenvalue weighted by Gasteiger charge is 2.33. The van der Waals surface area contributed by atoms with Crippen LogP contribution in [0.25, 0.3) is 0 Å². The zero-order chi connectivity index (χ0) is 26.5. The Bertz CT molecular complexity index is 1210. The molecule has 0 fully saturated rings. The van der Waals surface area contributed by atoms with Gasteiger partial charge in [-0.25, -0.2) is 0 Å². The molecule has 3 nitrogen and oxygen atoms in total. The van der Waals surface area contributed by atoms with Crippen LogP contribution in [-0.2, 0) is 15.3 Å². The molecule has 0 aliphatic heterocycles. The van der Waals surface area contributed by atoms with Crippen LogP contribution in [-0.4, -0.2) is 26.7 Å².